The van der Waals surface area contributed by atoms with Crippen molar-refractivity contribution < 1.29 is 4.79 Å². The fourth-order valence-corrected chi connectivity index (χ4v) is 6.82. The highest BCUT2D eigenvalue weighted by molar-refractivity contribution is 8.26. The van der Waals surface area contributed by atoms with Gasteiger partial charge in [0.1, 0.15) is 15.8 Å². The summed E-state index contributed by atoms with van der Waals surface area (Å²) in [6.45, 7) is 3.63. The molecule has 0 bridgehead atoms. The number of amides is 1. The van der Waals surface area contributed by atoms with Crippen molar-refractivity contribution >= 4 is 63.5 Å². The number of anilines is 1. The number of aryl methyl sites for hydroxylation is 1. The second kappa shape index (κ2) is 8.60. The zero-order valence-corrected chi connectivity index (χ0v) is 19.8. The lowest BCUT2D eigenvalue weighted by molar-refractivity contribution is -0.123. The van der Waals surface area contributed by atoms with E-state index in [1.807, 2.05) is 30.8 Å². The first-order valence-electron chi connectivity index (χ1n) is 10.7. The Bertz CT molecular complexity index is 1150. The number of hydrogen-bond donors (Lipinski definition) is 0. The monoisotopic (exact) mass is 472 g/mol. The van der Waals surface area contributed by atoms with Crippen LogP contribution in [0.15, 0.2) is 28.0 Å². The zero-order valence-electron chi connectivity index (χ0n) is 17.4. The van der Waals surface area contributed by atoms with Crippen molar-refractivity contribution in [3.8, 4) is 0 Å². The summed E-state index contributed by atoms with van der Waals surface area (Å²) in [5.74, 6) is 2.59. The van der Waals surface area contributed by atoms with Crippen LogP contribution in [0.5, 0.6) is 0 Å². The van der Waals surface area contributed by atoms with Crippen molar-refractivity contribution in [2.45, 2.75) is 38.6 Å². The Balaban J connectivity index is 1.63. The summed E-state index contributed by atoms with van der Waals surface area (Å²) >= 11 is 8.76. The van der Waals surface area contributed by atoms with Gasteiger partial charge in [0, 0.05) is 36.8 Å². The molecule has 2 aromatic rings. The Labute approximate surface area is 195 Å². The summed E-state index contributed by atoms with van der Waals surface area (Å²) < 4.78 is 2.19. The first kappa shape index (κ1) is 21.0. The maximum absolute atomic E-state index is 13.5. The van der Waals surface area contributed by atoms with Crippen LogP contribution < -0.4 is 10.5 Å². The topological polar surface area (TPSA) is 57.9 Å². The van der Waals surface area contributed by atoms with Gasteiger partial charge in [0.05, 0.1) is 10.5 Å². The van der Waals surface area contributed by atoms with Gasteiger partial charge >= 0.3 is 0 Å². The van der Waals surface area contributed by atoms with Gasteiger partial charge in [0.25, 0.3) is 11.5 Å². The van der Waals surface area contributed by atoms with Crippen molar-refractivity contribution in [2.75, 3.05) is 29.5 Å². The SMILES string of the molecule is Cc1cccn2c(=O)c(/C=C3\SC(=S)N(C4CCCC4)C3=O)c(N3CCSCC3)nc12. The van der Waals surface area contributed by atoms with Crippen molar-refractivity contribution in [2.24, 2.45) is 0 Å². The molecule has 2 saturated heterocycles. The molecule has 0 N–H and O–H groups in total. The predicted molar refractivity (Wildman–Crippen MR) is 133 cm³/mol. The number of pyridine rings is 1. The van der Waals surface area contributed by atoms with Gasteiger partial charge in [-0.25, -0.2) is 4.98 Å². The van der Waals surface area contributed by atoms with Crippen LogP contribution in [0.3, 0.4) is 0 Å². The number of thioether (sulfide) groups is 2. The molecular weight excluding hydrogens is 448 g/mol. The van der Waals surface area contributed by atoms with Crippen LogP contribution in [0.25, 0.3) is 11.7 Å². The van der Waals surface area contributed by atoms with E-state index < -0.39 is 0 Å². The normalized spacial score (nSPS) is 21.8. The van der Waals surface area contributed by atoms with Crippen molar-refractivity contribution in [1.29, 1.82) is 0 Å². The van der Waals surface area contributed by atoms with Crippen LogP contribution in [-0.4, -0.2) is 55.1 Å². The molecule has 3 aliphatic rings. The van der Waals surface area contributed by atoms with Crippen molar-refractivity contribution in [3.63, 3.8) is 0 Å². The lowest BCUT2D eigenvalue weighted by Gasteiger charge is -2.29. The summed E-state index contributed by atoms with van der Waals surface area (Å²) in [5.41, 5.74) is 1.94. The highest BCUT2D eigenvalue weighted by Gasteiger charge is 2.38. The molecule has 2 aliphatic heterocycles. The largest absolute Gasteiger partial charge is 0.354 e. The fraction of sp³-hybridized carbons (Fsp3) is 0.455. The Hall–Kier alpha value is -1.84. The molecular formula is C22H24N4O2S3. The summed E-state index contributed by atoms with van der Waals surface area (Å²) in [4.78, 5) is 36.1. The van der Waals surface area contributed by atoms with Gasteiger partial charge in [-0.15, -0.1) is 0 Å². The summed E-state index contributed by atoms with van der Waals surface area (Å²) in [6.07, 6.45) is 7.73. The van der Waals surface area contributed by atoms with E-state index in [2.05, 4.69) is 4.90 Å². The van der Waals surface area contributed by atoms with Gasteiger partial charge < -0.3 is 4.90 Å². The second-order valence-corrected chi connectivity index (χ2v) is 11.0. The van der Waals surface area contributed by atoms with Gasteiger partial charge in [-0.3, -0.25) is 18.9 Å². The summed E-state index contributed by atoms with van der Waals surface area (Å²) in [6, 6.07) is 4.01. The van der Waals surface area contributed by atoms with E-state index in [1.54, 1.807) is 21.6 Å². The highest BCUT2D eigenvalue weighted by Crippen LogP contribution is 2.38. The predicted octanol–water partition coefficient (Wildman–Crippen LogP) is 3.70. The van der Waals surface area contributed by atoms with E-state index in [0.29, 0.717) is 26.3 Å². The molecule has 162 valence electrons. The van der Waals surface area contributed by atoms with Gasteiger partial charge in [-0.1, -0.05) is 42.9 Å². The molecule has 31 heavy (non-hydrogen) atoms. The Kier molecular flexibility index (Phi) is 5.83. The number of carbonyl (C=O) groups excluding carboxylic acids is 1. The molecule has 0 aromatic carbocycles. The van der Waals surface area contributed by atoms with E-state index in [-0.39, 0.29) is 17.5 Å². The molecule has 2 aromatic heterocycles. The highest BCUT2D eigenvalue weighted by atomic mass is 32.2. The molecule has 3 fully saturated rings. The lowest BCUT2D eigenvalue weighted by atomic mass is 10.2. The quantitative estimate of drug-likeness (QED) is 0.499. The van der Waals surface area contributed by atoms with Crippen LogP contribution >= 0.6 is 35.7 Å². The molecule has 9 heteroatoms. The van der Waals surface area contributed by atoms with Gasteiger partial charge in [-0.2, -0.15) is 11.8 Å². The number of hydrogen-bond acceptors (Lipinski definition) is 7. The molecule has 0 unspecified atom stereocenters. The smallest absolute Gasteiger partial charge is 0.267 e. The number of aromatic nitrogens is 2. The summed E-state index contributed by atoms with van der Waals surface area (Å²) in [7, 11) is 0. The number of rotatable bonds is 3. The van der Waals surface area contributed by atoms with Crippen molar-refractivity contribution in [3.05, 3.63) is 44.7 Å². The molecule has 0 spiro atoms. The molecule has 4 heterocycles. The molecule has 0 atom stereocenters. The lowest BCUT2D eigenvalue weighted by Crippen LogP contribution is -2.37. The fourth-order valence-electron chi connectivity index (χ4n) is 4.53. The van der Waals surface area contributed by atoms with Crippen LogP contribution in [0.4, 0.5) is 5.82 Å². The van der Waals surface area contributed by atoms with Gasteiger partial charge in [0.2, 0.25) is 0 Å². The Morgan fingerprint density at radius 3 is 2.68 bits per heavy atom. The molecule has 6 nitrogen and oxygen atoms in total. The van der Waals surface area contributed by atoms with E-state index in [1.165, 1.54) is 11.8 Å². The maximum Gasteiger partial charge on any atom is 0.267 e. The average Bonchev–Trinajstić information content (AvgIpc) is 3.39. The van der Waals surface area contributed by atoms with Gasteiger partial charge in [-0.05, 0) is 37.5 Å². The van der Waals surface area contributed by atoms with E-state index >= 15 is 0 Å². The van der Waals surface area contributed by atoms with Crippen LogP contribution in [0.2, 0.25) is 0 Å². The minimum atomic E-state index is -0.145. The van der Waals surface area contributed by atoms with E-state index in [0.717, 1.165) is 55.8 Å². The third-order valence-corrected chi connectivity index (χ3v) is 8.44. The molecule has 1 amide bonds. The zero-order chi connectivity index (χ0) is 21.5. The van der Waals surface area contributed by atoms with Crippen LogP contribution in [0.1, 0.15) is 36.8 Å². The van der Waals surface area contributed by atoms with E-state index in [9.17, 15) is 9.59 Å². The Morgan fingerprint density at radius 2 is 1.94 bits per heavy atom. The number of fused-ring (bicyclic) bond motifs is 1. The molecule has 1 aliphatic carbocycles. The van der Waals surface area contributed by atoms with Crippen molar-refractivity contribution in [1.82, 2.24) is 14.3 Å². The Morgan fingerprint density at radius 1 is 1.19 bits per heavy atom. The minimum absolute atomic E-state index is 0.0733. The number of thiocarbonyl (C=S) groups is 1. The van der Waals surface area contributed by atoms with Crippen LogP contribution in [-0.2, 0) is 4.79 Å². The first-order chi connectivity index (χ1) is 15.0. The molecule has 0 radical (unpaired) electrons. The molecule has 1 saturated carbocycles. The third-order valence-electron chi connectivity index (χ3n) is 6.16. The number of nitrogens with zero attached hydrogens (tertiary/aromatic N) is 4. The number of carbonyl (C=O) groups is 1. The molecule has 5 rings (SSSR count). The minimum Gasteiger partial charge on any atom is -0.354 e. The van der Waals surface area contributed by atoms with Crippen LogP contribution in [0, 0.1) is 6.92 Å². The standard InChI is InChI=1S/C22H24N4O2S3/c1-14-5-4-8-25-18(14)23-19(24-9-11-30-12-10-24)16(20(25)27)13-17-21(28)26(22(29)31-17)15-6-2-3-7-15/h4-5,8,13,15H,2-3,6-7,9-12H2,1H3/b17-13-. The summed E-state index contributed by atoms with van der Waals surface area (Å²) in [5, 5.41) is 0. The maximum atomic E-state index is 13.5. The second-order valence-electron chi connectivity index (χ2n) is 8.13. The van der Waals surface area contributed by atoms with Gasteiger partial charge in [0.15, 0.2) is 0 Å². The average molecular weight is 473 g/mol. The van der Waals surface area contributed by atoms with E-state index in [4.69, 9.17) is 17.2 Å². The first-order valence-corrected chi connectivity index (χ1v) is 13.0. The third kappa shape index (κ3) is 3.81.